The van der Waals surface area contributed by atoms with E-state index in [-0.39, 0.29) is 6.04 Å². The Morgan fingerprint density at radius 2 is 1.90 bits per heavy atom. The summed E-state index contributed by atoms with van der Waals surface area (Å²) in [6.07, 6.45) is 4.00. The molecular formula is C19H20ClN. The van der Waals surface area contributed by atoms with Gasteiger partial charge in [0, 0.05) is 16.8 Å². The Labute approximate surface area is 132 Å². The number of rotatable bonds is 5. The number of nitrogens with one attached hydrogen (secondary N) is 1. The summed E-state index contributed by atoms with van der Waals surface area (Å²) in [6, 6.07) is 16.5. The van der Waals surface area contributed by atoms with Crippen LogP contribution in [0.25, 0.3) is 6.08 Å². The number of hydrogen-bond acceptors (Lipinski definition) is 1. The van der Waals surface area contributed by atoms with Crippen LogP contribution < -0.4 is 5.32 Å². The largest absolute Gasteiger partial charge is 0.379 e. The summed E-state index contributed by atoms with van der Waals surface area (Å²) in [5, 5.41) is 4.15. The summed E-state index contributed by atoms with van der Waals surface area (Å²) in [5.41, 5.74) is 4.52. The minimum absolute atomic E-state index is 0.229. The second kappa shape index (κ2) is 7.14. The lowest BCUT2D eigenvalue weighted by Crippen LogP contribution is -2.16. The van der Waals surface area contributed by atoms with Crippen molar-refractivity contribution in [2.75, 3.05) is 0 Å². The molecule has 0 aliphatic carbocycles. The molecule has 0 amide bonds. The van der Waals surface area contributed by atoms with Crippen LogP contribution in [0, 0.1) is 6.92 Å². The van der Waals surface area contributed by atoms with Crippen molar-refractivity contribution in [1.82, 2.24) is 5.32 Å². The lowest BCUT2D eigenvalue weighted by Gasteiger charge is -2.16. The predicted molar refractivity (Wildman–Crippen MR) is 92.4 cm³/mol. The third kappa shape index (κ3) is 4.80. The van der Waals surface area contributed by atoms with Crippen LogP contribution in [-0.4, -0.2) is 0 Å². The maximum atomic E-state index is 5.87. The smallest absolute Gasteiger partial charge is 0.0485 e. The summed E-state index contributed by atoms with van der Waals surface area (Å²) in [6.45, 7) is 8.29. The van der Waals surface area contributed by atoms with Gasteiger partial charge < -0.3 is 5.32 Å². The van der Waals surface area contributed by atoms with Crippen molar-refractivity contribution in [3.05, 3.63) is 88.6 Å². The van der Waals surface area contributed by atoms with Crippen LogP contribution in [0.1, 0.15) is 29.7 Å². The van der Waals surface area contributed by atoms with Crippen molar-refractivity contribution in [1.29, 1.82) is 0 Å². The van der Waals surface area contributed by atoms with Gasteiger partial charge in [-0.25, -0.2) is 0 Å². The van der Waals surface area contributed by atoms with E-state index in [9.17, 15) is 0 Å². The van der Waals surface area contributed by atoms with Crippen LogP contribution in [0.5, 0.6) is 0 Å². The molecule has 0 bridgehead atoms. The molecule has 2 aromatic rings. The Balaban J connectivity index is 1.96. The summed E-state index contributed by atoms with van der Waals surface area (Å²) < 4.78 is 0. The van der Waals surface area contributed by atoms with Gasteiger partial charge >= 0.3 is 0 Å². The first-order chi connectivity index (χ1) is 10.0. The molecule has 0 spiro atoms. The summed E-state index contributed by atoms with van der Waals surface area (Å²) in [7, 11) is 0. The van der Waals surface area contributed by atoms with Gasteiger partial charge in [0.25, 0.3) is 0 Å². The summed E-state index contributed by atoms with van der Waals surface area (Å²) in [5.74, 6) is 0. The fraction of sp³-hybridized carbons (Fsp3) is 0.158. The first-order valence-electron chi connectivity index (χ1n) is 7.00. The van der Waals surface area contributed by atoms with Crippen LogP contribution in [0.3, 0.4) is 0 Å². The Kier molecular flexibility index (Phi) is 5.24. The zero-order valence-electron chi connectivity index (χ0n) is 12.4. The lowest BCUT2D eigenvalue weighted by molar-refractivity contribution is 0.667. The van der Waals surface area contributed by atoms with Gasteiger partial charge in [-0.3, -0.25) is 0 Å². The van der Waals surface area contributed by atoms with Crippen LogP contribution in [0.4, 0.5) is 0 Å². The highest BCUT2D eigenvalue weighted by atomic mass is 35.5. The molecule has 21 heavy (non-hydrogen) atoms. The highest BCUT2D eigenvalue weighted by Gasteiger charge is 2.04. The van der Waals surface area contributed by atoms with E-state index in [0.717, 1.165) is 16.3 Å². The monoisotopic (exact) mass is 297 g/mol. The number of halogens is 1. The van der Waals surface area contributed by atoms with E-state index in [0.29, 0.717) is 0 Å². The molecule has 0 aliphatic heterocycles. The number of allylic oxidation sites excluding steroid dienone is 1. The molecule has 0 saturated heterocycles. The van der Waals surface area contributed by atoms with Gasteiger partial charge in [-0.05, 0) is 43.2 Å². The minimum Gasteiger partial charge on any atom is -0.379 e. The van der Waals surface area contributed by atoms with Gasteiger partial charge in [-0.1, -0.05) is 66.2 Å². The number of benzene rings is 2. The van der Waals surface area contributed by atoms with Gasteiger partial charge in [0.1, 0.15) is 0 Å². The van der Waals surface area contributed by atoms with Crippen LogP contribution in [0.2, 0.25) is 5.02 Å². The molecule has 0 aromatic heterocycles. The Morgan fingerprint density at radius 3 is 2.57 bits per heavy atom. The van der Waals surface area contributed by atoms with E-state index >= 15 is 0 Å². The van der Waals surface area contributed by atoms with Crippen LogP contribution >= 0.6 is 11.6 Å². The molecule has 0 fully saturated rings. The van der Waals surface area contributed by atoms with Crippen LogP contribution in [0.15, 0.2) is 66.9 Å². The van der Waals surface area contributed by atoms with Crippen molar-refractivity contribution in [3.8, 4) is 0 Å². The van der Waals surface area contributed by atoms with Crippen molar-refractivity contribution < 1.29 is 0 Å². The van der Waals surface area contributed by atoms with Crippen molar-refractivity contribution in [3.63, 3.8) is 0 Å². The Bertz CT molecular complexity index is 641. The summed E-state index contributed by atoms with van der Waals surface area (Å²) in [4.78, 5) is 0. The Hall–Kier alpha value is -1.99. The fourth-order valence-corrected chi connectivity index (χ4v) is 2.25. The average molecular weight is 298 g/mol. The molecule has 1 nitrogen and oxygen atoms in total. The van der Waals surface area contributed by atoms with E-state index in [1.807, 2.05) is 36.4 Å². The second-order valence-electron chi connectivity index (χ2n) is 5.19. The van der Waals surface area contributed by atoms with Gasteiger partial charge in [0.05, 0.1) is 0 Å². The molecule has 2 rings (SSSR count). The van der Waals surface area contributed by atoms with Gasteiger partial charge in [-0.2, -0.15) is 0 Å². The van der Waals surface area contributed by atoms with Gasteiger partial charge in [0.15, 0.2) is 0 Å². The van der Waals surface area contributed by atoms with Crippen molar-refractivity contribution in [2.45, 2.75) is 19.9 Å². The second-order valence-corrected chi connectivity index (χ2v) is 5.63. The Morgan fingerprint density at radius 1 is 1.19 bits per heavy atom. The van der Waals surface area contributed by atoms with E-state index < -0.39 is 0 Å². The molecule has 1 atom stereocenters. The third-order valence-corrected chi connectivity index (χ3v) is 3.54. The zero-order chi connectivity index (χ0) is 15.2. The fourth-order valence-electron chi connectivity index (χ4n) is 2.12. The average Bonchev–Trinajstić information content (AvgIpc) is 2.46. The molecule has 1 unspecified atom stereocenters. The number of hydrogen-bond donors (Lipinski definition) is 1. The zero-order valence-corrected chi connectivity index (χ0v) is 13.2. The SMILES string of the molecule is C=C(/C=C/c1ccc(Cl)cc1)NC(C)c1cccc(C)c1. The predicted octanol–water partition coefficient (Wildman–Crippen LogP) is 5.53. The molecule has 1 N–H and O–H groups in total. The first kappa shape index (κ1) is 15.4. The quantitative estimate of drug-likeness (QED) is 0.716. The van der Waals surface area contributed by atoms with Crippen molar-refractivity contribution >= 4 is 17.7 Å². The molecule has 2 heteroatoms. The highest BCUT2D eigenvalue weighted by Crippen LogP contribution is 2.16. The van der Waals surface area contributed by atoms with Crippen LogP contribution in [-0.2, 0) is 0 Å². The highest BCUT2D eigenvalue weighted by molar-refractivity contribution is 6.30. The van der Waals surface area contributed by atoms with Gasteiger partial charge in [0.2, 0.25) is 0 Å². The topological polar surface area (TPSA) is 12.0 Å². The van der Waals surface area contributed by atoms with E-state index in [2.05, 4.69) is 50.0 Å². The minimum atomic E-state index is 0.229. The molecule has 0 saturated carbocycles. The molecule has 2 aromatic carbocycles. The molecular weight excluding hydrogens is 278 g/mol. The maximum absolute atomic E-state index is 5.87. The summed E-state index contributed by atoms with van der Waals surface area (Å²) >= 11 is 5.87. The normalized spacial score (nSPS) is 12.3. The maximum Gasteiger partial charge on any atom is 0.0485 e. The first-order valence-corrected chi connectivity index (χ1v) is 7.38. The van der Waals surface area contributed by atoms with E-state index in [4.69, 9.17) is 11.6 Å². The van der Waals surface area contributed by atoms with Crippen molar-refractivity contribution in [2.24, 2.45) is 0 Å². The molecule has 108 valence electrons. The molecule has 0 aliphatic rings. The molecule has 0 radical (unpaired) electrons. The van der Waals surface area contributed by atoms with Gasteiger partial charge in [-0.15, -0.1) is 0 Å². The number of aryl methyl sites for hydroxylation is 1. The standard InChI is InChI=1S/C19H20ClN/c1-14-5-4-6-18(13-14)16(3)21-15(2)7-8-17-9-11-19(20)12-10-17/h4-13,16,21H,2H2,1,3H3/b8-7+. The molecule has 0 heterocycles. The third-order valence-electron chi connectivity index (χ3n) is 3.29. The lowest BCUT2D eigenvalue weighted by atomic mass is 10.1. The van der Waals surface area contributed by atoms with E-state index in [1.54, 1.807) is 0 Å². The van der Waals surface area contributed by atoms with E-state index in [1.165, 1.54) is 11.1 Å².